The van der Waals surface area contributed by atoms with Gasteiger partial charge in [0.15, 0.2) is 0 Å². The molecule has 1 saturated carbocycles. The molecule has 1 aliphatic carbocycles. The van der Waals surface area contributed by atoms with Crippen LogP contribution >= 0.6 is 0 Å². The molecule has 0 amide bonds. The Labute approximate surface area is 85.7 Å². The first-order valence-corrected chi connectivity index (χ1v) is 5.28. The molecular weight excluding hydrogens is 172 g/mol. The average molecular weight is 190 g/mol. The predicted octanol–water partition coefficient (Wildman–Crippen LogP) is 2.99. The lowest BCUT2D eigenvalue weighted by Gasteiger charge is -2.28. The summed E-state index contributed by atoms with van der Waals surface area (Å²) in [5.41, 5.74) is 2.67. The number of aromatic nitrogens is 1. The van der Waals surface area contributed by atoms with Crippen LogP contribution in [-0.4, -0.2) is 10.5 Å². The van der Waals surface area contributed by atoms with Crippen molar-refractivity contribution in [2.75, 3.05) is 5.32 Å². The average Bonchev–Trinajstić information content (AvgIpc) is 2.91. The fourth-order valence-electron chi connectivity index (χ4n) is 1.87. The smallest absolute Gasteiger partial charge is 0.0404 e. The van der Waals surface area contributed by atoms with E-state index in [-0.39, 0.29) is 5.54 Å². The van der Waals surface area contributed by atoms with Crippen LogP contribution in [0.5, 0.6) is 0 Å². The molecule has 0 saturated heterocycles. The summed E-state index contributed by atoms with van der Waals surface area (Å²) in [6.45, 7) is 6.66. The molecule has 1 heterocycles. The minimum Gasteiger partial charge on any atom is -0.380 e. The van der Waals surface area contributed by atoms with Crippen molar-refractivity contribution in [1.29, 1.82) is 0 Å². The monoisotopic (exact) mass is 190 g/mol. The van der Waals surface area contributed by atoms with Crippen molar-refractivity contribution in [3.8, 4) is 0 Å². The van der Waals surface area contributed by atoms with Gasteiger partial charge in [-0.25, -0.2) is 0 Å². The highest BCUT2D eigenvalue weighted by Crippen LogP contribution is 2.41. The van der Waals surface area contributed by atoms with Crippen LogP contribution < -0.4 is 5.32 Å². The van der Waals surface area contributed by atoms with Crippen molar-refractivity contribution in [3.05, 3.63) is 24.0 Å². The lowest BCUT2D eigenvalue weighted by atomic mass is 9.98. The molecule has 0 unspecified atom stereocenters. The summed E-state index contributed by atoms with van der Waals surface area (Å²) < 4.78 is 0. The van der Waals surface area contributed by atoms with Crippen LogP contribution in [0.3, 0.4) is 0 Å². The molecule has 1 aromatic heterocycles. The zero-order chi connectivity index (χ0) is 10.2. The second-order valence-electron chi connectivity index (χ2n) is 4.81. The molecule has 1 fully saturated rings. The van der Waals surface area contributed by atoms with E-state index in [1.807, 2.05) is 12.4 Å². The molecule has 2 nitrogen and oxygen atoms in total. The molecule has 0 aliphatic heterocycles. The Balaban J connectivity index is 2.13. The van der Waals surface area contributed by atoms with Gasteiger partial charge in [-0.2, -0.15) is 0 Å². The number of nitrogens with one attached hydrogen (secondary N) is 1. The lowest BCUT2D eigenvalue weighted by molar-refractivity contribution is 0.494. The van der Waals surface area contributed by atoms with Crippen LogP contribution in [0.4, 0.5) is 5.69 Å². The summed E-state index contributed by atoms with van der Waals surface area (Å²) in [6, 6.07) is 2.06. The Morgan fingerprint density at radius 3 is 2.71 bits per heavy atom. The van der Waals surface area contributed by atoms with Gasteiger partial charge in [0.2, 0.25) is 0 Å². The van der Waals surface area contributed by atoms with Gasteiger partial charge in [0.1, 0.15) is 0 Å². The fraction of sp³-hybridized carbons (Fsp3) is 0.583. The first-order chi connectivity index (χ1) is 6.59. The first kappa shape index (κ1) is 9.50. The van der Waals surface area contributed by atoms with Gasteiger partial charge in [0, 0.05) is 23.6 Å². The molecule has 76 valence electrons. The molecule has 1 N–H and O–H groups in total. The van der Waals surface area contributed by atoms with Crippen molar-refractivity contribution < 1.29 is 0 Å². The van der Waals surface area contributed by atoms with E-state index in [9.17, 15) is 0 Å². The number of hydrogen-bond acceptors (Lipinski definition) is 2. The molecule has 1 aromatic rings. The predicted molar refractivity (Wildman–Crippen MR) is 59.4 cm³/mol. The summed E-state index contributed by atoms with van der Waals surface area (Å²) in [5, 5.41) is 3.61. The zero-order valence-corrected chi connectivity index (χ0v) is 9.17. The molecule has 0 radical (unpaired) electrons. The number of hydrogen-bond donors (Lipinski definition) is 1. The van der Waals surface area contributed by atoms with E-state index in [1.54, 1.807) is 0 Å². The summed E-state index contributed by atoms with van der Waals surface area (Å²) in [5.74, 6) is 0.843. The third-order valence-corrected chi connectivity index (χ3v) is 3.08. The maximum Gasteiger partial charge on any atom is 0.0404 e. The zero-order valence-electron chi connectivity index (χ0n) is 9.17. The van der Waals surface area contributed by atoms with Crippen molar-refractivity contribution in [1.82, 2.24) is 4.98 Å². The molecule has 2 rings (SSSR count). The van der Waals surface area contributed by atoms with Crippen LogP contribution in [-0.2, 0) is 0 Å². The standard InChI is InChI=1S/C12H18N2/c1-9-8-13-7-6-11(9)14-12(2,3)10-4-5-10/h6-8,10H,4-5H2,1-3H3,(H,13,14). The van der Waals surface area contributed by atoms with E-state index in [4.69, 9.17) is 0 Å². The van der Waals surface area contributed by atoms with Gasteiger partial charge in [-0.3, -0.25) is 4.98 Å². The molecule has 2 heteroatoms. The van der Waals surface area contributed by atoms with E-state index < -0.39 is 0 Å². The van der Waals surface area contributed by atoms with E-state index in [0.717, 1.165) is 5.92 Å². The lowest BCUT2D eigenvalue weighted by Crippen LogP contribution is -2.33. The third kappa shape index (κ3) is 1.89. The molecule has 0 bridgehead atoms. The normalized spacial score (nSPS) is 16.8. The van der Waals surface area contributed by atoms with Gasteiger partial charge in [-0.1, -0.05) is 0 Å². The van der Waals surface area contributed by atoms with Crippen LogP contribution in [0.25, 0.3) is 0 Å². The maximum absolute atomic E-state index is 4.10. The number of nitrogens with zero attached hydrogens (tertiary/aromatic N) is 1. The minimum absolute atomic E-state index is 0.228. The van der Waals surface area contributed by atoms with E-state index in [0.29, 0.717) is 0 Å². The Morgan fingerprint density at radius 1 is 1.43 bits per heavy atom. The topological polar surface area (TPSA) is 24.9 Å². The largest absolute Gasteiger partial charge is 0.380 e. The molecule has 14 heavy (non-hydrogen) atoms. The number of aryl methyl sites for hydroxylation is 1. The van der Waals surface area contributed by atoms with Gasteiger partial charge in [-0.15, -0.1) is 0 Å². The van der Waals surface area contributed by atoms with Crippen molar-refractivity contribution in [2.45, 2.75) is 39.2 Å². The van der Waals surface area contributed by atoms with Crippen LogP contribution in [0.2, 0.25) is 0 Å². The van der Waals surface area contributed by atoms with Crippen LogP contribution in [0.1, 0.15) is 32.3 Å². The SMILES string of the molecule is Cc1cnccc1NC(C)(C)C1CC1. The fourth-order valence-corrected chi connectivity index (χ4v) is 1.87. The maximum atomic E-state index is 4.10. The van der Waals surface area contributed by atoms with Crippen LogP contribution in [0, 0.1) is 12.8 Å². The Bertz CT molecular complexity index is 327. The van der Waals surface area contributed by atoms with Crippen LogP contribution in [0.15, 0.2) is 18.5 Å². The van der Waals surface area contributed by atoms with Gasteiger partial charge in [0.05, 0.1) is 0 Å². The number of rotatable bonds is 3. The van der Waals surface area contributed by atoms with Crippen molar-refractivity contribution >= 4 is 5.69 Å². The number of anilines is 1. The number of pyridine rings is 1. The molecule has 1 aliphatic rings. The summed E-state index contributed by atoms with van der Waals surface area (Å²) in [6.07, 6.45) is 6.48. The summed E-state index contributed by atoms with van der Waals surface area (Å²) in [7, 11) is 0. The van der Waals surface area contributed by atoms with Gasteiger partial charge >= 0.3 is 0 Å². The Hall–Kier alpha value is -1.05. The Morgan fingerprint density at radius 2 is 2.14 bits per heavy atom. The van der Waals surface area contributed by atoms with E-state index in [2.05, 4.69) is 37.1 Å². The highest BCUT2D eigenvalue weighted by molar-refractivity contribution is 5.50. The summed E-state index contributed by atoms with van der Waals surface area (Å²) >= 11 is 0. The Kier molecular flexibility index (Phi) is 2.22. The first-order valence-electron chi connectivity index (χ1n) is 5.28. The molecule has 0 atom stereocenters. The highest BCUT2D eigenvalue weighted by atomic mass is 15.0. The quantitative estimate of drug-likeness (QED) is 0.792. The van der Waals surface area contributed by atoms with Gasteiger partial charge < -0.3 is 5.32 Å². The second kappa shape index (κ2) is 3.26. The second-order valence-corrected chi connectivity index (χ2v) is 4.81. The van der Waals surface area contributed by atoms with Gasteiger partial charge in [-0.05, 0) is 51.2 Å². The van der Waals surface area contributed by atoms with E-state index >= 15 is 0 Å². The molecule has 0 aromatic carbocycles. The van der Waals surface area contributed by atoms with Gasteiger partial charge in [0.25, 0.3) is 0 Å². The third-order valence-electron chi connectivity index (χ3n) is 3.08. The summed E-state index contributed by atoms with van der Waals surface area (Å²) in [4.78, 5) is 4.10. The molecule has 0 spiro atoms. The molecular formula is C12H18N2. The van der Waals surface area contributed by atoms with Crippen molar-refractivity contribution in [3.63, 3.8) is 0 Å². The van der Waals surface area contributed by atoms with Crippen molar-refractivity contribution in [2.24, 2.45) is 5.92 Å². The minimum atomic E-state index is 0.228. The van der Waals surface area contributed by atoms with E-state index in [1.165, 1.54) is 24.1 Å². The highest BCUT2D eigenvalue weighted by Gasteiger charge is 2.37.